The lowest BCUT2D eigenvalue weighted by atomic mass is 10.1. The lowest BCUT2D eigenvalue weighted by molar-refractivity contribution is 0.983. The van der Waals surface area contributed by atoms with Gasteiger partial charge in [-0.3, -0.25) is 0 Å². The molecular weight excluding hydrogens is 310 g/mol. The van der Waals surface area contributed by atoms with Gasteiger partial charge in [0.1, 0.15) is 0 Å². The van der Waals surface area contributed by atoms with E-state index in [0.29, 0.717) is 0 Å². The quantitative estimate of drug-likeness (QED) is 0.513. The first-order chi connectivity index (χ1) is 10.7. The minimum atomic E-state index is 0. The number of hydrogen-bond donors (Lipinski definition) is 2. The molecule has 2 aromatic rings. The van der Waals surface area contributed by atoms with E-state index >= 15 is 0 Å². The second kappa shape index (κ2) is 9.38. The van der Waals surface area contributed by atoms with Crippen LogP contribution in [0.4, 0.5) is 0 Å². The Morgan fingerprint density at radius 3 is 1.78 bits per heavy atom. The summed E-state index contributed by atoms with van der Waals surface area (Å²) in [5, 5.41) is 12.2. The van der Waals surface area contributed by atoms with Gasteiger partial charge in [0.05, 0.1) is 11.4 Å². The zero-order chi connectivity index (χ0) is 15.8. The van der Waals surface area contributed by atoms with Crippen molar-refractivity contribution in [2.75, 3.05) is 0 Å². The summed E-state index contributed by atoms with van der Waals surface area (Å²) in [6, 6.07) is 19.6. The number of rotatable bonds is 4. The Hall–Kier alpha value is -2.66. The van der Waals surface area contributed by atoms with Gasteiger partial charge >= 0.3 is 0 Å². The Bertz CT molecular complexity index is 693. The molecule has 0 fully saturated rings. The monoisotopic (exact) mass is 329 g/mol. The fourth-order valence-corrected chi connectivity index (χ4v) is 1.77. The summed E-state index contributed by atoms with van der Waals surface area (Å²) in [5.41, 5.74) is 12.1. The SMILES string of the molecule is C/C(=N/N=C(/N)N/N=C(/C)c1ccccc1)c1ccccc1.Cl. The van der Waals surface area contributed by atoms with Gasteiger partial charge in [0.15, 0.2) is 0 Å². The van der Waals surface area contributed by atoms with Crippen LogP contribution in [0.5, 0.6) is 0 Å². The van der Waals surface area contributed by atoms with E-state index in [9.17, 15) is 0 Å². The van der Waals surface area contributed by atoms with Crippen LogP contribution < -0.4 is 11.2 Å². The van der Waals surface area contributed by atoms with Crippen LogP contribution in [0.15, 0.2) is 76.0 Å². The van der Waals surface area contributed by atoms with Gasteiger partial charge in [-0.2, -0.15) is 10.2 Å². The third-order valence-electron chi connectivity index (χ3n) is 3.03. The number of nitrogens with zero attached hydrogens (tertiary/aromatic N) is 3. The standard InChI is InChI=1S/C17H19N5.ClH/c1-13(15-9-5-3-6-10-15)19-21-17(18)22-20-14(2)16-11-7-4-8-12-16;/h3-12H,1-2H3,(H3,18,21,22);1H/b19-13-,20-14-;. The van der Waals surface area contributed by atoms with Crippen LogP contribution in [0.1, 0.15) is 25.0 Å². The second-order valence-electron chi connectivity index (χ2n) is 4.71. The Labute approximate surface area is 142 Å². The Morgan fingerprint density at radius 1 is 0.783 bits per heavy atom. The maximum absolute atomic E-state index is 5.75. The van der Waals surface area contributed by atoms with Crippen molar-refractivity contribution in [1.29, 1.82) is 0 Å². The normalized spacial score (nSPS) is 12.5. The first kappa shape index (κ1) is 18.4. The molecular formula is C17H20ClN5. The molecule has 5 nitrogen and oxygen atoms in total. The molecule has 120 valence electrons. The smallest absolute Gasteiger partial charge is 0.234 e. The number of hydrogen-bond acceptors (Lipinski definition) is 3. The fourth-order valence-electron chi connectivity index (χ4n) is 1.77. The predicted molar refractivity (Wildman–Crippen MR) is 99.3 cm³/mol. The number of benzene rings is 2. The van der Waals surface area contributed by atoms with Crippen molar-refractivity contribution in [1.82, 2.24) is 5.43 Å². The van der Waals surface area contributed by atoms with E-state index in [-0.39, 0.29) is 18.4 Å². The van der Waals surface area contributed by atoms with Crippen molar-refractivity contribution in [3.63, 3.8) is 0 Å². The number of halogens is 1. The van der Waals surface area contributed by atoms with Crippen LogP contribution in [0.25, 0.3) is 0 Å². The first-order valence-electron chi connectivity index (χ1n) is 6.95. The van der Waals surface area contributed by atoms with Crippen molar-refractivity contribution in [3.8, 4) is 0 Å². The van der Waals surface area contributed by atoms with Gasteiger partial charge in [0.25, 0.3) is 0 Å². The van der Waals surface area contributed by atoms with E-state index in [1.54, 1.807) is 0 Å². The maximum Gasteiger partial charge on any atom is 0.234 e. The zero-order valence-corrected chi connectivity index (χ0v) is 13.9. The van der Waals surface area contributed by atoms with Crippen LogP contribution in [-0.4, -0.2) is 17.4 Å². The second-order valence-corrected chi connectivity index (χ2v) is 4.71. The Kier molecular flexibility index (Phi) is 7.50. The Morgan fingerprint density at radius 2 is 1.26 bits per heavy atom. The molecule has 0 spiro atoms. The lowest BCUT2D eigenvalue weighted by Gasteiger charge is -2.02. The number of hydrazone groups is 1. The molecule has 0 saturated heterocycles. The van der Waals surface area contributed by atoms with Crippen molar-refractivity contribution >= 4 is 29.8 Å². The first-order valence-corrected chi connectivity index (χ1v) is 6.95. The number of nitrogens with two attached hydrogens (primary N) is 1. The molecule has 0 heterocycles. The Balaban J connectivity index is 0.00000264. The van der Waals surface area contributed by atoms with Gasteiger partial charge in [-0.25, -0.2) is 5.43 Å². The van der Waals surface area contributed by atoms with Crippen molar-refractivity contribution in [2.24, 2.45) is 21.0 Å². The average Bonchev–Trinajstić information content (AvgIpc) is 2.59. The third kappa shape index (κ3) is 5.92. The van der Waals surface area contributed by atoms with Crippen molar-refractivity contribution < 1.29 is 0 Å². The highest BCUT2D eigenvalue weighted by molar-refractivity contribution is 6.00. The molecule has 0 aliphatic heterocycles. The molecule has 0 aliphatic carbocycles. The molecule has 0 aliphatic rings. The van der Waals surface area contributed by atoms with E-state index in [0.717, 1.165) is 22.6 Å². The molecule has 6 heteroatoms. The van der Waals surface area contributed by atoms with Gasteiger partial charge < -0.3 is 5.73 Å². The summed E-state index contributed by atoms with van der Waals surface area (Å²) in [5.74, 6) is 0.144. The van der Waals surface area contributed by atoms with Crippen LogP contribution in [0, 0.1) is 0 Å². The van der Waals surface area contributed by atoms with Crippen LogP contribution in [0.3, 0.4) is 0 Å². The van der Waals surface area contributed by atoms with Gasteiger partial charge in [0, 0.05) is 0 Å². The third-order valence-corrected chi connectivity index (χ3v) is 3.03. The van der Waals surface area contributed by atoms with Gasteiger partial charge in [-0.1, -0.05) is 60.7 Å². The molecule has 3 N–H and O–H groups in total. The van der Waals surface area contributed by atoms with Crippen molar-refractivity contribution in [2.45, 2.75) is 13.8 Å². The van der Waals surface area contributed by atoms with Crippen LogP contribution >= 0.6 is 12.4 Å². The molecule has 0 aromatic heterocycles. The zero-order valence-electron chi connectivity index (χ0n) is 13.1. The minimum Gasteiger partial charge on any atom is -0.367 e. The highest BCUT2D eigenvalue weighted by atomic mass is 35.5. The maximum atomic E-state index is 5.75. The summed E-state index contributed by atoms with van der Waals surface area (Å²) >= 11 is 0. The summed E-state index contributed by atoms with van der Waals surface area (Å²) in [7, 11) is 0. The van der Waals surface area contributed by atoms with Crippen molar-refractivity contribution in [3.05, 3.63) is 71.8 Å². The van der Waals surface area contributed by atoms with Gasteiger partial charge in [-0.15, -0.1) is 17.5 Å². The summed E-state index contributed by atoms with van der Waals surface area (Å²) in [6.45, 7) is 3.78. The molecule has 0 bridgehead atoms. The molecule has 23 heavy (non-hydrogen) atoms. The summed E-state index contributed by atoms with van der Waals surface area (Å²) in [6.07, 6.45) is 0. The fraction of sp³-hybridized carbons (Fsp3) is 0.118. The van der Waals surface area contributed by atoms with Gasteiger partial charge in [0.2, 0.25) is 5.96 Å². The minimum absolute atomic E-state index is 0. The number of guanidine groups is 1. The molecule has 0 atom stereocenters. The van der Waals surface area contributed by atoms with E-state index in [1.165, 1.54) is 0 Å². The average molecular weight is 330 g/mol. The largest absolute Gasteiger partial charge is 0.367 e. The molecule has 0 amide bonds. The topological polar surface area (TPSA) is 75.1 Å². The lowest BCUT2D eigenvalue weighted by Crippen LogP contribution is -2.27. The molecule has 2 rings (SSSR count). The van der Waals surface area contributed by atoms with Crippen LogP contribution in [0.2, 0.25) is 0 Å². The highest BCUT2D eigenvalue weighted by Gasteiger charge is 1.97. The molecule has 0 radical (unpaired) electrons. The molecule has 2 aromatic carbocycles. The molecule has 0 unspecified atom stereocenters. The van der Waals surface area contributed by atoms with Gasteiger partial charge in [-0.05, 0) is 25.0 Å². The van der Waals surface area contributed by atoms with E-state index in [4.69, 9.17) is 5.73 Å². The van der Waals surface area contributed by atoms with E-state index < -0.39 is 0 Å². The van der Waals surface area contributed by atoms with E-state index in [2.05, 4.69) is 20.7 Å². The number of nitrogens with one attached hydrogen (secondary N) is 1. The predicted octanol–water partition coefficient (Wildman–Crippen LogP) is 3.16. The summed E-state index contributed by atoms with van der Waals surface area (Å²) in [4.78, 5) is 0. The molecule has 0 saturated carbocycles. The summed E-state index contributed by atoms with van der Waals surface area (Å²) < 4.78 is 0. The van der Waals surface area contributed by atoms with Crippen LogP contribution in [-0.2, 0) is 0 Å². The van der Waals surface area contributed by atoms with E-state index in [1.807, 2.05) is 74.5 Å². The highest BCUT2D eigenvalue weighted by Crippen LogP contribution is 2.01.